The quantitative estimate of drug-likeness (QED) is 0.459. The molecule has 2 N–H and O–H groups in total. The van der Waals surface area contributed by atoms with Crippen LogP contribution in [0.2, 0.25) is 0 Å². The lowest BCUT2D eigenvalue weighted by Crippen LogP contribution is -2.03. The number of aromatic nitrogens is 9. The Balaban J connectivity index is 1.62. The van der Waals surface area contributed by atoms with E-state index in [2.05, 4.69) is 46.0 Å². The van der Waals surface area contributed by atoms with Crippen LogP contribution in [0.5, 0.6) is 0 Å². The fourth-order valence-electron chi connectivity index (χ4n) is 3.06. The number of nitrogens with one attached hydrogen (secondary N) is 2. The van der Waals surface area contributed by atoms with E-state index >= 15 is 0 Å². The zero-order valence-electron chi connectivity index (χ0n) is 16.2. The van der Waals surface area contributed by atoms with Gasteiger partial charge in [0.15, 0.2) is 23.1 Å². The standard InChI is InChI=1S/C19H17N11/c1-12-22-13(11-16(23-12)24-14-5-3-8-20-27-14)18-19(25-15-7-10-29(2)28-15)26-17-6-4-9-21-30(17)18/h3-11H,1-2H3,(H,25,28)(H,22,23,24,27). The van der Waals surface area contributed by atoms with Gasteiger partial charge in [0.2, 0.25) is 0 Å². The highest BCUT2D eigenvalue weighted by molar-refractivity contribution is 5.78. The average Bonchev–Trinajstić information content (AvgIpc) is 3.31. The Morgan fingerprint density at radius 1 is 0.900 bits per heavy atom. The minimum Gasteiger partial charge on any atom is -0.323 e. The second kappa shape index (κ2) is 7.20. The first kappa shape index (κ1) is 17.7. The molecule has 30 heavy (non-hydrogen) atoms. The van der Waals surface area contributed by atoms with Gasteiger partial charge >= 0.3 is 0 Å². The Morgan fingerprint density at radius 3 is 2.60 bits per heavy atom. The molecule has 0 fully saturated rings. The van der Waals surface area contributed by atoms with E-state index in [9.17, 15) is 0 Å². The third-order valence-electron chi connectivity index (χ3n) is 4.26. The van der Waals surface area contributed by atoms with Gasteiger partial charge in [0.1, 0.15) is 17.3 Å². The van der Waals surface area contributed by atoms with Gasteiger partial charge in [-0.05, 0) is 31.2 Å². The number of imidazole rings is 1. The van der Waals surface area contributed by atoms with Crippen molar-refractivity contribution >= 4 is 28.9 Å². The second-order valence-corrected chi connectivity index (χ2v) is 6.52. The highest BCUT2D eigenvalue weighted by Crippen LogP contribution is 2.30. The first-order valence-corrected chi connectivity index (χ1v) is 9.17. The lowest BCUT2D eigenvalue weighted by Gasteiger charge is -2.09. The van der Waals surface area contributed by atoms with Crippen molar-refractivity contribution in [2.24, 2.45) is 7.05 Å². The van der Waals surface area contributed by atoms with E-state index in [1.807, 2.05) is 50.5 Å². The monoisotopic (exact) mass is 399 g/mol. The van der Waals surface area contributed by atoms with E-state index in [0.29, 0.717) is 46.1 Å². The smallest absolute Gasteiger partial charge is 0.162 e. The lowest BCUT2D eigenvalue weighted by molar-refractivity contribution is 0.771. The van der Waals surface area contributed by atoms with Gasteiger partial charge in [0.25, 0.3) is 0 Å². The van der Waals surface area contributed by atoms with E-state index in [1.165, 1.54) is 0 Å². The first-order valence-electron chi connectivity index (χ1n) is 9.17. The zero-order valence-corrected chi connectivity index (χ0v) is 16.2. The van der Waals surface area contributed by atoms with E-state index < -0.39 is 0 Å². The van der Waals surface area contributed by atoms with E-state index in [0.717, 1.165) is 0 Å². The summed E-state index contributed by atoms with van der Waals surface area (Å²) in [6, 6.07) is 11.0. The van der Waals surface area contributed by atoms with Crippen LogP contribution in [0.15, 0.2) is 55.0 Å². The predicted octanol–water partition coefficient (Wildman–Crippen LogP) is 2.51. The molecule has 0 spiro atoms. The molecule has 0 saturated carbocycles. The molecule has 0 aliphatic heterocycles. The van der Waals surface area contributed by atoms with Crippen molar-refractivity contribution in [2.45, 2.75) is 6.92 Å². The largest absolute Gasteiger partial charge is 0.323 e. The molecule has 0 atom stereocenters. The van der Waals surface area contributed by atoms with Crippen LogP contribution >= 0.6 is 0 Å². The summed E-state index contributed by atoms with van der Waals surface area (Å²) in [7, 11) is 1.86. The highest BCUT2D eigenvalue weighted by Gasteiger charge is 2.19. The Labute approximate surface area is 170 Å². The highest BCUT2D eigenvalue weighted by atomic mass is 15.3. The third kappa shape index (κ3) is 3.39. The van der Waals surface area contributed by atoms with Crippen LogP contribution in [0.25, 0.3) is 17.0 Å². The molecule has 0 aromatic carbocycles. The molecule has 0 radical (unpaired) electrons. The van der Waals surface area contributed by atoms with Crippen LogP contribution in [0.1, 0.15) is 5.82 Å². The summed E-state index contributed by atoms with van der Waals surface area (Å²) in [6.07, 6.45) is 5.17. The van der Waals surface area contributed by atoms with E-state index in [-0.39, 0.29) is 0 Å². The predicted molar refractivity (Wildman–Crippen MR) is 111 cm³/mol. The fraction of sp³-hybridized carbons (Fsp3) is 0.105. The number of hydrogen-bond acceptors (Lipinski definition) is 9. The zero-order chi connectivity index (χ0) is 20.5. The number of rotatable bonds is 5. The van der Waals surface area contributed by atoms with Crippen molar-refractivity contribution in [3.8, 4) is 11.4 Å². The third-order valence-corrected chi connectivity index (χ3v) is 4.26. The maximum Gasteiger partial charge on any atom is 0.162 e. The molecule has 11 nitrogen and oxygen atoms in total. The number of nitrogens with zero attached hydrogens (tertiary/aromatic N) is 9. The number of anilines is 4. The van der Waals surface area contributed by atoms with Gasteiger partial charge in [0, 0.05) is 37.8 Å². The van der Waals surface area contributed by atoms with Gasteiger partial charge in [-0.2, -0.15) is 15.3 Å². The number of fused-ring (bicyclic) bond motifs is 1. The van der Waals surface area contributed by atoms with Gasteiger partial charge < -0.3 is 10.6 Å². The average molecular weight is 399 g/mol. The van der Waals surface area contributed by atoms with Gasteiger partial charge in [-0.25, -0.2) is 19.5 Å². The van der Waals surface area contributed by atoms with Crippen molar-refractivity contribution in [2.75, 3.05) is 10.6 Å². The minimum absolute atomic E-state index is 0.588. The minimum atomic E-state index is 0.588. The van der Waals surface area contributed by atoms with Gasteiger partial charge in [-0.15, -0.1) is 5.10 Å². The SMILES string of the molecule is Cc1nc(Nc2cccnn2)cc(-c2c(Nc3ccn(C)n3)nc3cccnn23)n1. The van der Waals surface area contributed by atoms with Crippen molar-refractivity contribution < 1.29 is 0 Å². The maximum atomic E-state index is 4.67. The maximum absolute atomic E-state index is 4.67. The summed E-state index contributed by atoms with van der Waals surface area (Å²) < 4.78 is 3.45. The summed E-state index contributed by atoms with van der Waals surface area (Å²) in [5.41, 5.74) is 2.04. The van der Waals surface area contributed by atoms with E-state index in [4.69, 9.17) is 0 Å². The van der Waals surface area contributed by atoms with Crippen molar-refractivity contribution in [1.29, 1.82) is 0 Å². The molecule has 0 saturated heterocycles. The molecule has 5 heterocycles. The molecule has 0 bridgehead atoms. The summed E-state index contributed by atoms with van der Waals surface area (Å²) in [6.45, 7) is 1.83. The molecule has 5 aromatic heterocycles. The lowest BCUT2D eigenvalue weighted by atomic mass is 10.2. The van der Waals surface area contributed by atoms with E-state index in [1.54, 1.807) is 27.7 Å². The Morgan fingerprint density at radius 2 is 1.80 bits per heavy atom. The number of hydrogen-bond donors (Lipinski definition) is 2. The molecule has 11 heteroatoms. The van der Waals surface area contributed by atoms with Crippen LogP contribution in [0.3, 0.4) is 0 Å². The molecule has 0 amide bonds. The Bertz CT molecular complexity index is 1320. The molecule has 0 aliphatic carbocycles. The summed E-state index contributed by atoms with van der Waals surface area (Å²) in [5, 5.41) is 23.2. The normalized spacial score (nSPS) is 11.0. The first-order chi connectivity index (χ1) is 14.7. The van der Waals surface area contributed by atoms with Crippen LogP contribution in [-0.2, 0) is 7.05 Å². The second-order valence-electron chi connectivity index (χ2n) is 6.52. The summed E-state index contributed by atoms with van der Waals surface area (Å²) >= 11 is 0. The molecule has 5 rings (SSSR count). The van der Waals surface area contributed by atoms with Crippen LogP contribution in [0, 0.1) is 6.92 Å². The number of aryl methyl sites for hydroxylation is 2. The Hall–Kier alpha value is -4.41. The molecule has 0 unspecified atom stereocenters. The Kier molecular flexibility index (Phi) is 4.24. The fourth-order valence-corrected chi connectivity index (χ4v) is 3.06. The molecule has 5 aromatic rings. The van der Waals surface area contributed by atoms with Gasteiger partial charge in [-0.1, -0.05) is 0 Å². The van der Waals surface area contributed by atoms with Gasteiger partial charge in [0.05, 0.1) is 5.69 Å². The van der Waals surface area contributed by atoms with Crippen LogP contribution in [0.4, 0.5) is 23.3 Å². The van der Waals surface area contributed by atoms with Gasteiger partial charge in [-0.3, -0.25) is 4.68 Å². The van der Waals surface area contributed by atoms with Crippen molar-refractivity contribution in [3.05, 3.63) is 60.8 Å². The van der Waals surface area contributed by atoms with Crippen LogP contribution in [-0.4, -0.2) is 44.5 Å². The molecule has 0 aliphatic rings. The van der Waals surface area contributed by atoms with Crippen molar-refractivity contribution in [1.82, 2.24) is 44.5 Å². The molecule has 148 valence electrons. The van der Waals surface area contributed by atoms with Crippen LogP contribution < -0.4 is 10.6 Å². The molecular formula is C19H17N11. The topological polar surface area (TPSA) is 124 Å². The summed E-state index contributed by atoms with van der Waals surface area (Å²) in [4.78, 5) is 13.8. The summed E-state index contributed by atoms with van der Waals surface area (Å²) in [5.74, 6) is 3.03. The van der Waals surface area contributed by atoms with Crippen molar-refractivity contribution in [3.63, 3.8) is 0 Å². The molecular weight excluding hydrogens is 382 g/mol.